The second kappa shape index (κ2) is 5.38. The standard InChI is InChI=1S/C10H18N4O/c1-7(2)5-12-10-8(15-4)9(11-3)13-6-14-10/h6-7H,5H2,1-4H3,(H2,11,12,13,14). The zero-order valence-corrected chi connectivity index (χ0v) is 9.66. The van der Waals surface area contributed by atoms with Gasteiger partial charge in [-0.1, -0.05) is 13.8 Å². The van der Waals surface area contributed by atoms with E-state index in [1.54, 1.807) is 14.2 Å². The van der Waals surface area contributed by atoms with Crippen LogP contribution in [0.1, 0.15) is 13.8 Å². The molecule has 1 rings (SSSR count). The highest BCUT2D eigenvalue weighted by Gasteiger charge is 2.10. The minimum atomic E-state index is 0.558. The van der Waals surface area contributed by atoms with Crippen LogP contribution in [-0.2, 0) is 0 Å². The Bertz CT molecular complexity index is 314. The van der Waals surface area contributed by atoms with E-state index in [0.717, 1.165) is 12.4 Å². The van der Waals surface area contributed by atoms with Crippen molar-refractivity contribution in [1.82, 2.24) is 9.97 Å². The molecule has 0 aromatic carbocycles. The van der Waals surface area contributed by atoms with Crippen molar-refractivity contribution in [2.45, 2.75) is 13.8 Å². The molecule has 1 heterocycles. The van der Waals surface area contributed by atoms with Gasteiger partial charge in [0.05, 0.1) is 7.11 Å². The van der Waals surface area contributed by atoms with Gasteiger partial charge < -0.3 is 15.4 Å². The molecule has 84 valence electrons. The van der Waals surface area contributed by atoms with Crippen molar-refractivity contribution in [3.05, 3.63) is 6.33 Å². The first kappa shape index (κ1) is 11.6. The molecule has 0 bridgehead atoms. The first-order valence-corrected chi connectivity index (χ1v) is 4.99. The minimum Gasteiger partial charge on any atom is -0.490 e. The van der Waals surface area contributed by atoms with E-state index in [1.165, 1.54) is 6.33 Å². The van der Waals surface area contributed by atoms with Crippen LogP contribution in [0.15, 0.2) is 6.33 Å². The third-order valence-corrected chi connectivity index (χ3v) is 1.92. The summed E-state index contributed by atoms with van der Waals surface area (Å²) in [4.78, 5) is 8.21. The summed E-state index contributed by atoms with van der Waals surface area (Å²) in [6.45, 7) is 5.13. The van der Waals surface area contributed by atoms with E-state index in [0.29, 0.717) is 17.5 Å². The van der Waals surface area contributed by atoms with Gasteiger partial charge in [0, 0.05) is 13.6 Å². The average molecular weight is 210 g/mol. The molecule has 5 heteroatoms. The number of anilines is 2. The molecule has 0 aliphatic rings. The van der Waals surface area contributed by atoms with Gasteiger partial charge in [-0.15, -0.1) is 0 Å². The van der Waals surface area contributed by atoms with E-state index in [-0.39, 0.29) is 0 Å². The van der Waals surface area contributed by atoms with Gasteiger partial charge in [0.1, 0.15) is 6.33 Å². The molecule has 0 unspecified atom stereocenters. The Morgan fingerprint density at radius 1 is 1.33 bits per heavy atom. The van der Waals surface area contributed by atoms with Gasteiger partial charge in [-0.2, -0.15) is 0 Å². The molecule has 15 heavy (non-hydrogen) atoms. The first-order valence-electron chi connectivity index (χ1n) is 4.99. The van der Waals surface area contributed by atoms with Gasteiger partial charge in [-0.25, -0.2) is 9.97 Å². The summed E-state index contributed by atoms with van der Waals surface area (Å²) in [7, 11) is 3.41. The van der Waals surface area contributed by atoms with Gasteiger partial charge in [-0.05, 0) is 5.92 Å². The van der Waals surface area contributed by atoms with Crippen LogP contribution >= 0.6 is 0 Å². The quantitative estimate of drug-likeness (QED) is 0.773. The molecule has 0 aliphatic heterocycles. The highest BCUT2D eigenvalue weighted by atomic mass is 16.5. The number of hydrogen-bond donors (Lipinski definition) is 2. The van der Waals surface area contributed by atoms with Crippen LogP contribution in [0.5, 0.6) is 5.75 Å². The molecule has 1 aromatic heterocycles. The lowest BCUT2D eigenvalue weighted by atomic mass is 10.2. The SMILES string of the molecule is CNc1ncnc(NCC(C)C)c1OC. The fourth-order valence-corrected chi connectivity index (χ4v) is 1.17. The zero-order valence-electron chi connectivity index (χ0n) is 9.66. The Balaban J connectivity index is 2.86. The van der Waals surface area contributed by atoms with Crippen LogP contribution in [0, 0.1) is 5.92 Å². The molecule has 0 fully saturated rings. The largest absolute Gasteiger partial charge is 0.490 e. The van der Waals surface area contributed by atoms with E-state index < -0.39 is 0 Å². The van der Waals surface area contributed by atoms with Crippen LogP contribution in [0.25, 0.3) is 0 Å². The monoisotopic (exact) mass is 210 g/mol. The Morgan fingerprint density at radius 3 is 2.53 bits per heavy atom. The number of rotatable bonds is 5. The number of nitrogens with one attached hydrogen (secondary N) is 2. The average Bonchev–Trinajstić information content (AvgIpc) is 2.25. The summed E-state index contributed by atoms with van der Waals surface area (Å²) in [5.74, 6) is 2.63. The predicted octanol–water partition coefficient (Wildman–Crippen LogP) is 1.59. The molecule has 0 saturated carbocycles. The number of ether oxygens (including phenoxy) is 1. The first-order chi connectivity index (χ1) is 7.19. The molecule has 0 amide bonds. The molecule has 0 radical (unpaired) electrons. The highest BCUT2D eigenvalue weighted by molar-refractivity contribution is 5.63. The molecule has 0 spiro atoms. The Kier molecular flexibility index (Phi) is 4.15. The van der Waals surface area contributed by atoms with Crippen molar-refractivity contribution in [2.24, 2.45) is 5.92 Å². The van der Waals surface area contributed by atoms with Crippen LogP contribution in [-0.4, -0.2) is 30.7 Å². The van der Waals surface area contributed by atoms with Crippen LogP contribution in [0.2, 0.25) is 0 Å². The molecule has 2 N–H and O–H groups in total. The van der Waals surface area contributed by atoms with Crippen molar-refractivity contribution in [3.63, 3.8) is 0 Å². The van der Waals surface area contributed by atoms with Crippen molar-refractivity contribution in [1.29, 1.82) is 0 Å². The number of methoxy groups -OCH3 is 1. The lowest BCUT2D eigenvalue weighted by molar-refractivity contribution is 0.414. The predicted molar refractivity (Wildman–Crippen MR) is 61.5 cm³/mol. The maximum Gasteiger partial charge on any atom is 0.204 e. The Hall–Kier alpha value is -1.52. The number of nitrogens with zero attached hydrogens (tertiary/aromatic N) is 2. The Morgan fingerprint density at radius 2 is 2.00 bits per heavy atom. The minimum absolute atomic E-state index is 0.558. The fourth-order valence-electron chi connectivity index (χ4n) is 1.17. The Labute approximate surface area is 90.3 Å². The molecule has 0 atom stereocenters. The van der Waals surface area contributed by atoms with E-state index >= 15 is 0 Å². The van der Waals surface area contributed by atoms with E-state index in [9.17, 15) is 0 Å². The topological polar surface area (TPSA) is 59.1 Å². The van der Waals surface area contributed by atoms with Crippen molar-refractivity contribution in [2.75, 3.05) is 31.3 Å². The van der Waals surface area contributed by atoms with Crippen molar-refractivity contribution in [3.8, 4) is 5.75 Å². The fraction of sp³-hybridized carbons (Fsp3) is 0.600. The van der Waals surface area contributed by atoms with Crippen LogP contribution < -0.4 is 15.4 Å². The summed E-state index contributed by atoms with van der Waals surface area (Å²) >= 11 is 0. The second-order valence-corrected chi connectivity index (χ2v) is 3.63. The van der Waals surface area contributed by atoms with Crippen LogP contribution in [0.3, 0.4) is 0 Å². The van der Waals surface area contributed by atoms with Gasteiger partial charge in [0.2, 0.25) is 5.75 Å². The van der Waals surface area contributed by atoms with E-state index in [4.69, 9.17) is 4.74 Å². The van der Waals surface area contributed by atoms with Crippen LogP contribution in [0.4, 0.5) is 11.6 Å². The molecule has 1 aromatic rings. The zero-order chi connectivity index (χ0) is 11.3. The maximum atomic E-state index is 5.25. The summed E-state index contributed by atoms with van der Waals surface area (Å²) < 4.78 is 5.25. The second-order valence-electron chi connectivity index (χ2n) is 3.63. The van der Waals surface area contributed by atoms with Gasteiger partial charge in [0.15, 0.2) is 11.6 Å². The van der Waals surface area contributed by atoms with Gasteiger partial charge in [0.25, 0.3) is 0 Å². The lowest BCUT2D eigenvalue weighted by Gasteiger charge is -2.13. The molecule has 0 saturated heterocycles. The molecule has 0 aliphatic carbocycles. The summed E-state index contributed by atoms with van der Waals surface area (Å²) in [5, 5.41) is 6.18. The van der Waals surface area contributed by atoms with Gasteiger partial charge in [-0.3, -0.25) is 0 Å². The van der Waals surface area contributed by atoms with Crippen molar-refractivity contribution >= 4 is 11.6 Å². The highest BCUT2D eigenvalue weighted by Crippen LogP contribution is 2.28. The summed E-state index contributed by atoms with van der Waals surface area (Å²) in [6.07, 6.45) is 1.51. The lowest BCUT2D eigenvalue weighted by Crippen LogP contribution is -2.11. The third-order valence-electron chi connectivity index (χ3n) is 1.92. The van der Waals surface area contributed by atoms with Crippen molar-refractivity contribution < 1.29 is 4.74 Å². The third kappa shape index (κ3) is 2.97. The summed E-state index contributed by atoms with van der Waals surface area (Å²) in [6, 6.07) is 0. The maximum absolute atomic E-state index is 5.25. The molecule has 5 nitrogen and oxygen atoms in total. The number of hydrogen-bond acceptors (Lipinski definition) is 5. The van der Waals surface area contributed by atoms with E-state index in [1.807, 2.05) is 0 Å². The number of aromatic nitrogens is 2. The normalized spacial score (nSPS) is 10.2. The molecular formula is C10H18N4O. The smallest absolute Gasteiger partial charge is 0.204 e. The summed E-state index contributed by atoms with van der Waals surface area (Å²) in [5.41, 5.74) is 0. The van der Waals surface area contributed by atoms with E-state index in [2.05, 4.69) is 34.4 Å². The molecular weight excluding hydrogens is 192 g/mol. The van der Waals surface area contributed by atoms with Gasteiger partial charge >= 0.3 is 0 Å².